The van der Waals surface area contributed by atoms with Gasteiger partial charge < -0.3 is 9.09 Å². The van der Waals surface area contributed by atoms with E-state index in [4.69, 9.17) is 9.78 Å². The highest BCUT2D eigenvalue weighted by Gasteiger charge is 2.05. The van der Waals surface area contributed by atoms with Gasteiger partial charge in [-0.2, -0.15) is 10.2 Å². The molecule has 0 amide bonds. The van der Waals surface area contributed by atoms with Crippen LogP contribution in [0.15, 0.2) is 22.9 Å². The van der Waals surface area contributed by atoms with Gasteiger partial charge in [0.2, 0.25) is 5.89 Å². The Kier molecular flexibility index (Phi) is 2.03. The molecule has 0 N–H and O–H groups in total. The molecular weight excluding hydrogens is 180 g/mol. The molecule has 2 aromatic rings. The van der Waals surface area contributed by atoms with E-state index in [-0.39, 0.29) is 0 Å². The van der Waals surface area contributed by atoms with E-state index >= 15 is 0 Å². The van der Waals surface area contributed by atoms with Crippen LogP contribution in [0.2, 0.25) is 0 Å². The van der Waals surface area contributed by atoms with Crippen LogP contribution in [0.5, 0.6) is 0 Å². The summed E-state index contributed by atoms with van der Waals surface area (Å²) in [5, 5.41) is 12.4. The molecule has 70 valence electrons. The molecule has 0 saturated carbocycles. The quantitative estimate of drug-likeness (QED) is 0.707. The molecule has 0 spiro atoms. The van der Waals surface area contributed by atoms with Crippen molar-refractivity contribution in [1.82, 2.24) is 14.7 Å². The van der Waals surface area contributed by atoms with E-state index in [0.29, 0.717) is 24.0 Å². The predicted octanol–water partition coefficient (Wildman–Crippen LogP) is 1.10. The van der Waals surface area contributed by atoms with Crippen molar-refractivity contribution in [2.75, 3.05) is 0 Å². The van der Waals surface area contributed by atoms with E-state index in [2.05, 4.69) is 16.2 Å². The Labute approximate surface area is 80.6 Å². The summed E-state index contributed by atoms with van der Waals surface area (Å²) in [5.74, 6) is 1.11. The number of hydrogen-bond acceptors (Lipinski definition) is 4. The largest absolute Gasteiger partial charge is 0.337 e. The smallest absolute Gasteiger partial charge is 0.246 e. The first kappa shape index (κ1) is 8.51. The van der Waals surface area contributed by atoms with Gasteiger partial charge in [0, 0.05) is 6.20 Å². The molecule has 0 aliphatic rings. The molecular formula is C9H8N4O. The maximum absolute atomic E-state index is 8.75. The van der Waals surface area contributed by atoms with E-state index in [1.54, 1.807) is 23.8 Å². The van der Waals surface area contributed by atoms with E-state index < -0.39 is 0 Å². The average molecular weight is 188 g/mol. The van der Waals surface area contributed by atoms with Gasteiger partial charge in [-0.15, -0.1) is 0 Å². The maximum atomic E-state index is 8.75. The fourth-order valence-corrected chi connectivity index (χ4v) is 1.20. The molecule has 0 fully saturated rings. The van der Waals surface area contributed by atoms with Crippen molar-refractivity contribution in [2.24, 2.45) is 0 Å². The van der Waals surface area contributed by atoms with E-state index in [9.17, 15) is 0 Å². The minimum atomic E-state index is 0.441. The van der Waals surface area contributed by atoms with Gasteiger partial charge in [-0.05, 0) is 19.1 Å². The molecule has 0 aliphatic heterocycles. The minimum absolute atomic E-state index is 0.441. The molecule has 0 aliphatic carbocycles. The molecule has 0 aromatic carbocycles. The minimum Gasteiger partial charge on any atom is -0.337 e. The summed E-state index contributed by atoms with van der Waals surface area (Å²) in [6, 6.07) is 5.62. The van der Waals surface area contributed by atoms with Crippen molar-refractivity contribution in [3.8, 4) is 6.07 Å². The van der Waals surface area contributed by atoms with Gasteiger partial charge in [-0.25, -0.2) is 0 Å². The lowest BCUT2D eigenvalue weighted by atomic mass is 10.4. The Morgan fingerprint density at radius 3 is 3.14 bits per heavy atom. The van der Waals surface area contributed by atoms with Crippen LogP contribution in [0.25, 0.3) is 0 Å². The van der Waals surface area contributed by atoms with Crippen molar-refractivity contribution in [3.63, 3.8) is 0 Å². The highest BCUT2D eigenvalue weighted by molar-refractivity contribution is 5.22. The zero-order valence-electron chi connectivity index (χ0n) is 7.64. The van der Waals surface area contributed by atoms with Crippen LogP contribution in [-0.4, -0.2) is 14.7 Å². The van der Waals surface area contributed by atoms with Gasteiger partial charge in [0.15, 0.2) is 5.82 Å². The second-order valence-electron chi connectivity index (χ2n) is 2.87. The Hall–Kier alpha value is -2.09. The molecule has 0 saturated heterocycles. The van der Waals surface area contributed by atoms with Crippen molar-refractivity contribution in [3.05, 3.63) is 35.7 Å². The number of nitriles is 1. The van der Waals surface area contributed by atoms with Crippen LogP contribution in [-0.2, 0) is 6.54 Å². The summed E-state index contributed by atoms with van der Waals surface area (Å²) in [5.41, 5.74) is 0.584. The maximum Gasteiger partial charge on any atom is 0.246 e. The van der Waals surface area contributed by atoms with Crippen molar-refractivity contribution in [1.29, 1.82) is 5.26 Å². The molecule has 0 unspecified atom stereocenters. The van der Waals surface area contributed by atoms with E-state index in [0.717, 1.165) is 0 Å². The van der Waals surface area contributed by atoms with E-state index in [1.807, 2.05) is 6.07 Å². The van der Waals surface area contributed by atoms with Gasteiger partial charge in [-0.3, -0.25) is 0 Å². The first-order valence-corrected chi connectivity index (χ1v) is 4.14. The fraction of sp³-hybridized carbons (Fsp3) is 0.222. The SMILES string of the molecule is Cc1noc(Cn2cccc2C#N)n1. The van der Waals surface area contributed by atoms with Crippen LogP contribution in [0.4, 0.5) is 0 Å². The summed E-state index contributed by atoms with van der Waals surface area (Å²) in [6.45, 7) is 2.20. The molecule has 0 atom stereocenters. The number of nitrogens with zero attached hydrogens (tertiary/aromatic N) is 4. The number of aromatic nitrogens is 3. The fourth-order valence-electron chi connectivity index (χ4n) is 1.20. The molecule has 5 nitrogen and oxygen atoms in total. The lowest BCUT2D eigenvalue weighted by Gasteiger charge is -1.98. The summed E-state index contributed by atoms with van der Waals surface area (Å²) >= 11 is 0. The predicted molar refractivity (Wildman–Crippen MR) is 47.3 cm³/mol. The van der Waals surface area contributed by atoms with E-state index in [1.165, 1.54) is 0 Å². The van der Waals surface area contributed by atoms with Gasteiger partial charge in [-0.1, -0.05) is 5.16 Å². The van der Waals surface area contributed by atoms with Crippen molar-refractivity contribution >= 4 is 0 Å². The highest BCUT2D eigenvalue weighted by Crippen LogP contribution is 2.05. The third-order valence-electron chi connectivity index (χ3n) is 1.82. The lowest BCUT2D eigenvalue weighted by Crippen LogP contribution is -2.00. The number of hydrogen-bond donors (Lipinski definition) is 0. The zero-order chi connectivity index (χ0) is 9.97. The summed E-state index contributed by atoms with van der Waals surface area (Å²) in [6.07, 6.45) is 1.80. The Bertz CT molecular complexity index is 477. The second kappa shape index (κ2) is 3.34. The summed E-state index contributed by atoms with van der Waals surface area (Å²) < 4.78 is 6.70. The Morgan fingerprint density at radius 1 is 1.64 bits per heavy atom. The first-order valence-electron chi connectivity index (χ1n) is 4.14. The average Bonchev–Trinajstić information content (AvgIpc) is 2.76. The first-order chi connectivity index (χ1) is 6.79. The van der Waals surface area contributed by atoms with Crippen LogP contribution >= 0.6 is 0 Å². The summed E-state index contributed by atoms with van der Waals surface area (Å²) in [7, 11) is 0. The lowest BCUT2D eigenvalue weighted by molar-refractivity contribution is 0.367. The van der Waals surface area contributed by atoms with Crippen LogP contribution in [0.3, 0.4) is 0 Å². The third kappa shape index (κ3) is 1.50. The van der Waals surface area contributed by atoms with Gasteiger partial charge in [0.1, 0.15) is 18.3 Å². The van der Waals surface area contributed by atoms with Gasteiger partial charge in [0.05, 0.1) is 0 Å². The van der Waals surface area contributed by atoms with Crippen LogP contribution < -0.4 is 0 Å². The monoisotopic (exact) mass is 188 g/mol. The molecule has 0 bridgehead atoms. The van der Waals surface area contributed by atoms with Gasteiger partial charge in [0.25, 0.3) is 0 Å². The zero-order valence-corrected chi connectivity index (χ0v) is 7.64. The van der Waals surface area contributed by atoms with Gasteiger partial charge >= 0.3 is 0 Å². The van der Waals surface area contributed by atoms with Crippen LogP contribution in [0.1, 0.15) is 17.4 Å². The van der Waals surface area contributed by atoms with Crippen LogP contribution in [0, 0.1) is 18.3 Å². The molecule has 2 rings (SSSR count). The van der Waals surface area contributed by atoms with Crippen molar-refractivity contribution in [2.45, 2.75) is 13.5 Å². The Morgan fingerprint density at radius 2 is 2.50 bits per heavy atom. The number of aryl methyl sites for hydroxylation is 1. The molecule has 2 aromatic heterocycles. The molecule has 2 heterocycles. The highest BCUT2D eigenvalue weighted by atomic mass is 16.5. The topological polar surface area (TPSA) is 67.6 Å². The third-order valence-corrected chi connectivity index (χ3v) is 1.82. The normalized spacial score (nSPS) is 10.0. The Balaban J connectivity index is 2.23. The number of rotatable bonds is 2. The van der Waals surface area contributed by atoms with Crippen molar-refractivity contribution < 1.29 is 4.52 Å². The molecule has 14 heavy (non-hydrogen) atoms. The molecule has 0 radical (unpaired) electrons. The standard InChI is InChI=1S/C9H8N4O/c1-7-11-9(14-12-7)6-13-4-2-3-8(13)5-10/h2-4H,6H2,1H3. The molecule has 5 heteroatoms. The summed E-state index contributed by atoms with van der Waals surface area (Å²) in [4.78, 5) is 4.05. The second-order valence-corrected chi connectivity index (χ2v) is 2.87.